The Morgan fingerprint density at radius 3 is 3.00 bits per heavy atom. The van der Waals surface area contributed by atoms with E-state index in [0.29, 0.717) is 5.75 Å². The third-order valence-corrected chi connectivity index (χ3v) is 3.93. The molecule has 3 nitrogen and oxygen atoms in total. The quantitative estimate of drug-likeness (QED) is 0.581. The van der Waals surface area contributed by atoms with Crippen LogP contribution in [0.3, 0.4) is 0 Å². The van der Waals surface area contributed by atoms with Crippen LogP contribution in [-0.2, 0) is 9.59 Å². The fraction of sp³-hybridized carbons (Fsp3) is 0.778. The molecule has 0 aliphatic carbocycles. The lowest BCUT2D eigenvalue weighted by Gasteiger charge is -2.21. The first kappa shape index (κ1) is 9.06. The molecule has 2 saturated heterocycles. The summed E-state index contributed by atoms with van der Waals surface area (Å²) >= 11 is 1.33. The molecule has 0 radical (unpaired) electrons. The Kier molecular flexibility index (Phi) is 2.32. The molecule has 2 heterocycles. The number of nitrogens with zero attached hydrogens (tertiary/aromatic N) is 1. The summed E-state index contributed by atoms with van der Waals surface area (Å²) in [7, 11) is 0. The number of thioether (sulfide) groups is 1. The van der Waals surface area contributed by atoms with Crippen LogP contribution in [-0.4, -0.2) is 34.3 Å². The minimum absolute atomic E-state index is 0.0112. The minimum Gasteiger partial charge on any atom is -0.331 e. The molecule has 0 aromatic rings. The molecule has 2 rings (SSSR count). The number of rotatable bonds is 0. The maximum atomic E-state index is 11.7. The van der Waals surface area contributed by atoms with E-state index < -0.39 is 0 Å². The van der Waals surface area contributed by atoms with E-state index >= 15 is 0 Å². The Balaban J connectivity index is 2.24. The molecule has 0 aromatic carbocycles. The number of amides is 1. The van der Waals surface area contributed by atoms with Crippen molar-refractivity contribution in [1.29, 1.82) is 0 Å². The van der Waals surface area contributed by atoms with Crippen LogP contribution in [0.5, 0.6) is 0 Å². The third kappa shape index (κ3) is 1.47. The van der Waals surface area contributed by atoms with Gasteiger partial charge in [-0.15, -0.1) is 0 Å². The van der Waals surface area contributed by atoms with Gasteiger partial charge in [-0.25, -0.2) is 0 Å². The lowest BCUT2D eigenvalue weighted by atomic mass is 10.1. The lowest BCUT2D eigenvalue weighted by molar-refractivity contribution is -0.137. The van der Waals surface area contributed by atoms with Crippen molar-refractivity contribution < 1.29 is 9.59 Å². The predicted molar refractivity (Wildman–Crippen MR) is 51.4 cm³/mol. The lowest BCUT2D eigenvalue weighted by Crippen LogP contribution is -2.39. The summed E-state index contributed by atoms with van der Waals surface area (Å²) in [6.07, 6.45) is 1.85. The summed E-state index contributed by atoms with van der Waals surface area (Å²) in [6.45, 7) is 2.68. The molecule has 0 saturated carbocycles. The molecule has 0 spiro atoms. The van der Waals surface area contributed by atoms with E-state index in [-0.39, 0.29) is 23.0 Å². The highest BCUT2D eigenvalue weighted by molar-refractivity contribution is 8.13. The molecule has 2 fully saturated rings. The second-order valence-corrected chi connectivity index (χ2v) is 4.75. The van der Waals surface area contributed by atoms with E-state index in [1.165, 1.54) is 11.8 Å². The van der Waals surface area contributed by atoms with Gasteiger partial charge in [0.05, 0.1) is 0 Å². The molecule has 1 amide bonds. The average Bonchev–Trinajstić information content (AvgIpc) is 2.57. The maximum Gasteiger partial charge on any atom is 0.226 e. The largest absolute Gasteiger partial charge is 0.331 e. The number of hydrogen-bond acceptors (Lipinski definition) is 3. The van der Waals surface area contributed by atoms with Crippen molar-refractivity contribution in [3.8, 4) is 0 Å². The molecule has 13 heavy (non-hydrogen) atoms. The predicted octanol–water partition coefficient (Wildman–Crippen LogP) is 0.887. The van der Waals surface area contributed by atoms with Gasteiger partial charge in [0.2, 0.25) is 11.0 Å². The molecular formula is C9H13NO2S. The average molecular weight is 199 g/mol. The van der Waals surface area contributed by atoms with Crippen molar-refractivity contribution in [3.63, 3.8) is 0 Å². The van der Waals surface area contributed by atoms with Crippen molar-refractivity contribution in [2.24, 2.45) is 5.92 Å². The Morgan fingerprint density at radius 1 is 1.46 bits per heavy atom. The van der Waals surface area contributed by atoms with Gasteiger partial charge in [0.15, 0.2) is 0 Å². The van der Waals surface area contributed by atoms with Crippen LogP contribution < -0.4 is 0 Å². The highest BCUT2D eigenvalue weighted by Gasteiger charge is 2.38. The zero-order chi connectivity index (χ0) is 9.42. The second-order valence-electron chi connectivity index (χ2n) is 3.72. The summed E-state index contributed by atoms with van der Waals surface area (Å²) in [5.41, 5.74) is 0. The molecule has 2 atom stereocenters. The first-order chi connectivity index (χ1) is 6.20. The van der Waals surface area contributed by atoms with Crippen LogP contribution >= 0.6 is 11.8 Å². The highest BCUT2D eigenvalue weighted by atomic mass is 32.2. The highest BCUT2D eigenvalue weighted by Crippen LogP contribution is 2.29. The maximum absolute atomic E-state index is 11.7. The van der Waals surface area contributed by atoms with E-state index in [1.807, 2.05) is 6.92 Å². The van der Waals surface area contributed by atoms with Gasteiger partial charge in [-0.1, -0.05) is 18.7 Å². The van der Waals surface area contributed by atoms with Crippen molar-refractivity contribution >= 4 is 22.8 Å². The molecule has 4 heteroatoms. The fourth-order valence-electron chi connectivity index (χ4n) is 1.93. The molecule has 72 valence electrons. The van der Waals surface area contributed by atoms with Crippen LogP contribution in [0.4, 0.5) is 0 Å². The van der Waals surface area contributed by atoms with E-state index in [1.54, 1.807) is 4.90 Å². The molecule has 0 aromatic heterocycles. The van der Waals surface area contributed by atoms with Gasteiger partial charge in [-0.3, -0.25) is 9.59 Å². The van der Waals surface area contributed by atoms with Crippen LogP contribution in [0.15, 0.2) is 0 Å². The fourth-order valence-corrected chi connectivity index (χ4v) is 2.93. The van der Waals surface area contributed by atoms with E-state index in [0.717, 1.165) is 19.4 Å². The van der Waals surface area contributed by atoms with Gasteiger partial charge in [0.25, 0.3) is 0 Å². The zero-order valence-corrected chi connectivity index (χ0v) is 8.47. The molecule has 2 aliphatic heterocycles. The van der Waals surface area contributed by atoms with E-state index in [9.17, 15) is 9.59 Å². The second kappa shape index (κ2) is 3.33. The topological polar surface area (TPSA) is 37.4 Å². The normalized spacial score (nSPS) is 34.7. The molecule has 0 N–H and O–H groups in total. The van der Waals surface area contributed by atoms with Crippen LogP contribution in [0.1, 0.15) is 19.8 Å². The molecule has 0 bridgehead atoms. The Hall–Kier alpha value is -0.510. The van der Waals surface area contributed by atoms with E-state index in [4.69, 9.17) is 0 Å². The molecule has 2 aliphatic rings. The van der Waals surface area contributed by atoms with Gasteiger partial charge >= 0.3 is 0 Å². The Morgan fingerprint density at radius 2 is 2.23 bits per heavy atom. The SMILES string of the molecule is C[C@H]1CSC(=O)[C@@H]2CCCN2C1=O. The van der Waals surface area contributed by atoms with Crippen molar-refractivity contribution in [2.45, 2.75) is 25.8 Å². The summed E-state index contributed by atoms with van der Waals surface area (Å²) in [6, 6.07) is -0.109. The zero-order valence-electron chi connectivity index (χ0n) is 7.66. The van der Waals surface area contributed by atoms with Crippen molar-refractivity contribution in [2.75, 3.05) is 12.3 Å². The Labute approximate surface area is 81.9 Å². The smallest absolute Gasteiger partial charge is 0.226 e. The van der Waals surface area contributed by atoms with Crippen molar-refractivity contribution in [3.05, 3.63) is 0 Å². The van der Waals surface area contributed by atoms with Crippen LogP contribution in [0.2, 0.25) is 0 Å². The third-order valence-electron chi connectivity index (χ3n) is 2.71. The summed E-state index contributed by atoms with van der Waals surface area (Å²) in [5.74, 6) is 0.836. The van der Waals surface area contributed by atoms with Gasteiger partial charge < -0.3 is 4.90 Å². The summed E-state index contributed by atoms with van der Waals surface area (Å²) < 4.78 is 0. The number of carbonyl (C=O) groups is 2. The van der Waals surface area contributed by atoms with Crippen molar-refractivity contribution in [1.82, 2.24) is 4.90 Å². The van der Waals surface area contributed by atoms with Gasteiger partial charge in [-0.2, -0.15) is 0 Å². The number of carbonyl (C=O) groups excluding carboxylic acids is 2. The first-order valence-electron chi connectivity index (χ1n) is 4.67. The standard InChI is InChI=1S/C9H13NO2S/c1-6-5-13-9(12)7-3-2-4-10(7)8(6)11/h6-7H,2-5H2,1H3/t6-,7-/m0/s1. The first-order valence-corrected chi connectivity index (χ1v) is 5.66. The van der Waals surface area contributed by atoms with Crippen LogP contribution in [0, 0.1) is 5.92 Å². The number of fused-ring (bicyclic) bond motifs is 1. The van der Waals surface area contributed by atoms with E-state index in [2.05, 4.69) is 0 Å². The number of hydrogen-bond donors (Lipinski definition) is 0. The van der Waals surface area contributed by atoms with Gasteiger partial charge in [0, 0.05) is 18.2 Å². The summed E-state index contributed by atoms with van der Waals surface area (Å²) in [5, 5.41) is 0.190. The Bertz CT molecular complexity index is 254. The van der Waals surface area contributed by atoms with Gasteiger partial charge in [-0.05, 0) is 12.8 Å². The van der Waals surface area contributed by atoms with Gasteiger partial charge in [0.1, 0.15) is 6.04 Å². The molecular weight excluding hydrogens is 186 g/mol. The summed E-state index contributed by atoms with van der Waals surface area (Å²) in [4.78, 5) is 25.1. The monoisotopic (exact) mass is 199 g/mol. The van der Waals surface area contributed by atoms with Crippen LogP contribution in [0.25, 0.3) is 0 Å². The minimum atomic E-state index is -0.109. The molecule has 0 unspecified atom stereocenters.